The van der Waals surface area contributed by atoms with Crippen LogP contribution in [0.4, 0.5) is 8.78 Å². The molecular formula is C10H17F2NO. The van der Waals surface area contributed by atoms with Crippen LogP contribution >= 0.6 is 0 Å². The number of rotatable bonds is 2. The van der Waals surface area contributed by atoms with E-state index >= 15 is 0 Å². The van der Waals surface area contributed by atoms with Gasteiger partial charge in [0.15, 0.2) is 0 Å². The van der Waals surface area contributed by atoms with Gasteiger partial charge in [0, 0.05) is 25.4 Å². The monoisotopic (exact) mass is 205 g/mol. The van der Waals surface area contributed by atoms with Crippen LogP contribution in [-0.4, -0.2) is 41.7 Å². The summed E-state index contributed by atoms with van der Waals surface area (Å²) in [4.78, 5) is 2.12. The molecule has 1 N–H and O–H groups in total. The summed E-state index contributed by atoms with van der Waals surface area (Å²) >= 11 is 0. The smallest absolute Gasteiger partial charge is 0.251 e. The van der Waals surface area contributed by atoms with Crippen molar-refractivity contribution in [2.24, 2.45) is 5.92 Å². The Kier molecular flexibility index (Phi) is 2.31. The molecule has 2 aliphatic rings. The lowest BCUT2D eigenvalue weighted by atomic mass is 9.86. The normalized spacial score (nSPS) is 35.6. The molecule has 1 saturated carbocycles. The van der Waals surface area contributed by atoms with Crippen LogP contribution in [0.25, 0.3) is 0 Å². The molecule has 1 heterocycles. The van der Waals surface area contributed by atoms with E-state index in [1.54, 1.807) is 0 Å². The number of halogens is 2. The first-order chi connectivity index (χ1) is 6.41. The van der Waals surface area contributed by atoms with E-state index in [2.05, 4.69) is 4.90 Å². The van der Waals surface area contributed by atoms with Gasteiger partial charge in [0.05, 0.1) is 5.60 Å². The van der Waals surface area contributed by atoms with E-state index in [0.29, 0.717) is 12.8 Å². The fourth-order valence-electron chi connectivity index (χ4n) is 2.19. The topological polar surface area (TPSA) is 23.5 Å². The van der Waals surface area contributed by atoms with Crippen LogP contribution in [0.15, 0.2) is 0 Å². The first-order valence-corrected chi connectivity index (χ1v) is 5.20. The number of hydrogen-bond donors (Lipinski definition) is 1. The Bertz CT molecular complexity index is 224. The molecule has 0 bridgehead atoms. The third kappa shape index (κ3) is 2.06. The van der Waals surface area contributed by atoms with Crippen LogP contribution in [0.1, 0.15) is 25.7 Å². The quantitative estimate of drug-likeness (QED) is 0.738. The van der Waals surface area contributed by atoms with Crippen LogP contribution < -0.4 is 0 Å². The predicted octanol–water partition coefficient (Wildman–Crippen LogP) is 1.49. The lowest BCUT2D eigenvalue weighted by Gasteiger charge is -2.36. The van der Waals surface area contributed by atoms with Crippen LogP contribution in [0, 0.1) is 5.92 Å². The average molecular weight is 205 g/mol. The SMILES string of the molecule is CN1CCC(O)(CC2CC2(F)F)CC1. The largest absolute Gasteiger partial charge is 0.390 e. The highest BCUT2D eigenvalue weighted by molar-refractivity contribution is 5.00. The molecular weight excluding hydrogens is 188 g/mol. The third-order valence-electron chi connectivity index (χ3n) is 3.50. The number of nitrogens with zero attached hydrogens (tertiary/aromatic N) is 1. The summed E-state index contributed by atoms with van der Waals surface area (Å²) in [6.45, 7) is 1.63. The van der Waals surface area contributed by atoms with Crippen molar-refractivity contribution in [3.8, 4) is 0 Å². The molecule has 0 radical (unpaired) electrons. The van der Waals surface area contributed by atoms with Crippen molar-refractivity contribution in [3.63, 3.8) is 0 Å². The molecule has 2 nitrogen and oxygen atoms in total. The van der Waals surface area contributed by atoms with E-state index in [0.717, 1.165) is 13.1 Å². The Morgan fingerprint density at radius 1 is 1.36 bits per heavy atom. The molecule has 0 aromatic rings. The van der Waals surface area contributed by atoms with Gasteiger partial charge in [-0.2, -0.15) is 0 Å². The van der Waals surface area contributed by atoms with E-state index in [4.69, 9.17) is 0 Å². The van der Waals surface area contributed by atoms with Crippen molar-refractivity contribution in [1.29, 1.82) is 0 Å². The zero-order chi connectivity index (χ0) is 10.4. The maximum absolute atomic E-state index is 12.7. The van der Waals surface area contributed by atoms with Gasteiger partial charge >= 0.3 is 0 Å². The Morgan fingerprint density at radius 3 is 2.29 bits per heavy atom. The van der Waals surface area contributed by atoms with Gasteiger partial charge in [-0.3, -0.25) is 0 Å². The van der Waals surface area contributed by atoms with E-state index in [1.807, 2.05) is 7.05 Å². The summed E-state index contributed by atoms with van der Waals surface area (Å²) in [5, 5.41) is 10.1. The molecule has 1 aliphatic carbocycles. The molecule has 1 saturated heterocycles. The second-order valence-electron chi connectivity index (χ2n) is 4.89. The van der Waals surface area contributed by atoms with Gasteiger partial charge in [-0.15, -0.1) is 0 Å². The van der Waals surface area contributed by atoms with Crippen LogP contribution in [-0.2, 0) is 0 Å². The van der Waals surface area contributed by atoms with Crippen molar-refractivity contribution < 1.29 is 13.9 Å². The summed E-state index contributed by atoms with van der Waals surface area (Å²) in [6.07, 6.45) is 1.53. The predicted molar refractivity (Wildman–Crippen MR) is 49.4 cm³/mol. The van der Waals surface area contributed by atoms with Crippen molar-refractivity contribution in [2.75, 3.05) is 20.1 Å². The number of likely N-dealkylation sites (tertiary alicyclic amines) is 1. The Morgan fingerprint density at radius 2 is 1.86 bits per heavy atom. The lowest BCUT2D eigenvalue weighted by Crippen LogP contribution is -2.43. The summed E-state index contributed by atoms with van der Waals surface area (Å²) < 4.78 is 25.4. The summed E-state index contributed by atoms with van der Waals surface area (Å²) in [5.74, 6) is -3.05. The average Bonchev–Trinajstić information content (AvgIpc) is 2.65. The minimum Gasteiger partial charge on any atom is -0.390 e. The van der Waals surface area contributed by atoms with Crippen molar-refractivity contribution in [1.82, 2.24) is 4.90 Å². The highest BCUT2D eigenvalue weighted by atomic mass is 19.3. The fourth-order valence-corrected chi connectivity index (χ4v) is 2.19. The summed E-state index contributed by atoms with van der Waals surface area (Å²) in [6, 6.07) is 0. The molecule has 82 valence electrons. The second-order valence-corrected chi connectivity index (χ2v) is 4.89. The fraction of sp³-hybridized carbons (Fsp3) is 1.00. The van der Waals surface area contributed by atoms with Crippen LogP contribution in [0.2, 0.25) is 0 Å². The molecule has 0 aromatic carbocycles. The molecule has 14 heavy (non-hydrogen) atoms. The standard InChI is InChI=1S/C10H17F2NO/c1-13-4-2-9(14,3-5-13)6-8-7-10(8,11)12/h8,14H,2-7H2,1H3. The first-order valence-electron chi connectivity index (χ1n) is 5.20. The Hall–Kier alpha value is -0.220. The second kappa shape index (κ2) is 3.14. The van der Waals surface area contributed by atoms with E-state index in [9.17, 15) is 13.9 Å². The summed E-state index contributed by atoms with van der Waals surface area (Å²) in [5.41, 5.74) is -0.822. The molecule has 1 atom stereocenters. The molecule has 0 spiro atoms. The van der Waals surface area contributed by atoms with Gasteiger partial charge in [-0.05, 0) is 26.3 Å². The van der Waals surface area contributed by atoms with Gasteiger partial charge < -0.3 is 10.0 Å². The van der Waals surface area contributed by atoms with Crippen LogP contribution in [0.3, 0.4) is 0 Å². The van der Waals surface area contributed by atoms with Gasteiger partial charge in [-0.25, -0.2) is 8.78 Å². The van der Waals surface area contributed by atoms with Gasteiger partial charge in [0.25, 0.3) is 5.92 Å². The minimum atomic E-state index is -2.49. The zero-order valence-electron chi connectivity index (χ0n) is 8.47. The van der Waals surface area contributed by atoms with Gasteiger partial charge in [0.1, 0.15) is 0 Å². The van der Waals surface area contributed by atoms with Crippen molar-refractivity contribution >= 4 is 0 Å². The number of alkyl halides is 2. The van der Waals surface area contributed by atoms with Crippen molar-refractivity contribution in [3.05, 3.63) is 0 Å². The molecule has 0 amide bonds. The summed E-state index contributed by atoms with van der Waals surface area (Å²) in [7, 11) is 1.99. The van der Waals surface area contributed by atoms with E-state index in [1.165, 1.54) is 0 Å². The molecule has 1 aliphatic heterocycles. The van der Waals surface area contributed by atoms with Gasteiger partial charge in [0.2, 0.25) is 0 Å². The molecule has 0 aromatic heterocycles. The number of piperidine rings is 1. The van der Waals surface area contributed by atoms with Gasteiger partial charge in [-0.1, -0.05) is 0 Å². The lowest BCUT2D eigenvalue weighted by molar-refractivity contribution is -0.0368. The maximum Gasteiger partial charge on any atom is 0.251 e. The molecule has 4 heteroatoms. The first kappa shape index (κ1) is 10.3. The van der Waals surface area contributed by atoms with Crippen LogP contribution in [0.5, 0.6) is 0 Å². The Labute approximate surface area is 82.9 Å². The van der Waals surface area contributed by atoms with E-state index < -0.39 is 17.4 Å². The third-order valence-corrected chi connectivity index (χ3v) is 3.50. The minimum absolute atomic E-state index is 0.0227. The molecule has 2 rings (SSSR count). The highest BCUT2D eigenvalue weighted by Gasteiger charge is 2.58. The van der Waals surface area contributed by atoms with E-state index in [-0.39, 0.29) is 12.8 Å². The zero-order valence-corrected chi connectivity index (χ0v) is 8.47. The number of hydrogen-bond acceptors (Lipinski definition) is 2. The molecule has 2 fully saturated rings. The number of aliphatic hydroxyl groups is 1. The van der Waals surface area contributed by atoms with Crippen molar-refractivity contribution in [2.45, 2.75) is 37.2 Å². The Balaban J connectivity index is 1.85. The molecule has 1 unspecified atom stereocenters. The highest BCUT2D eigenvalue weighted by Crippen LogP contribution is 2.53. The maximum atomic E-state index is 12.7.